The molecule has 3 N–H and O–H groups in total. The van der Waals surface area contributed by atoms with Gasteiger partial charge in [-0.1, -0.05) is 0 Å². The van der Waals surface area contributed by atoms with Crippen LogP contribution in [0.15, 0.2) is 23.3 Å². The molecular formula is C12H17N3O2S. The second-order valence-corrected chi connectivity index (χ2v) is 3.96. The van der Waals surface area contributed by atoms with Crippen molar-refractivity contribution < 1.29 is 9.84 Å². The van der Waals surface area contributed by atoms with Crippen molar-refractivity contribution >= 4 is 23.0 Å². The van der Waals surface area contributed by atoms with E-state index in [1.807, 2.05) is 6.92 Å². The van der Waals surface area contributed by atoms with Crippen LogP contribution in [0.4, 0.5) is 0 Å². The predicted molar refractivity (Wildman–Crippen MR) is 76.3 cm³/mol. The van der Waals surface area contributed by atoms with Crippen LogP contribution < -0.4 is 15.5 Å². The Hall–Kier alpha value is -1.82. The van der Waals surface area contributed by atoms with Gasteiger partial charge in [0.2, 0.25) is 0 Å². The molecule has 0 amide bonds. The quantitative estimate of drug-likeness (QED) is 0.439. The third-order valence-corrected chi connectivity index (χ3v) is 2.49. The van der Waals surface area contributed by atoms with Crippen LogP contribution in [0.5, 0.6) is 11.5 Å². The Morgan fingerprint density at radius 3 is 2.78 bits per heavy atom. The zero-order valence-corrected chi connectivity index (χ0v) is 11.5. The Labute approximate surface area is 112 Å². The highest BCUT2D eigenvalue weighted by atomic mass is 32.1. The minimum Gasteiger partial charge on any atom is -0.507 e. The number of thiocarbonyl (C=S) groups is 1. The Morgan fingerprint density at radius 2 is 2.22 bits per heavy atom. The van der Waals surface area contributed by atoms with Gasteiger partial charge in [0, 0.05) is 18.2 Å². The van der Waals surface area contributed by atoms with Crippen LogP contribution in [-0.4, -0.2) is 29.6 Å². The molecule has 0 radical (unpaired) electrons. The van der Waals surface area contributed by atoms with E-state index in [2.05, 4.69) is 15.8 Å². The number of ether oxygens (including phenoxy) is 1. The third kappa shape index (κ3) is 3.89. The molecule has 1 aromatic carbocycles. The summed E-state index contributed by atoms with van der Waals surface area (Å²) in [5, 5.41) is 17.3. The van der Waals surface area contributed by atoms with Gasteiger partial charge < -0.3 is 15.2 Å². The number of phenols is 1. The Bertz CT molecular complexity index is 461. The van der Waals surface area contributed by atoms with E-state index in [0.29, 0.717) is 22.1 Å². The molecule has 98 valence electrons. The number of aromatic hydroxyl groups is 1. The van der Waals surface area contributed by atoms with Crippen LogP contribution in [0.2, 0.25) is 0 Å². The fourth-order valence-electron chi connectivity index (χ4n) is 1.34. The number of nitrogens with one attached hydrogen (secondary N) is 2. The number of benzene rings is 1. The molecule has 18 heavy (non-hydrogen) atoms. The maximum absolute atomic E-state index is 9.82. The fourth-order valence-corrected chi connectivity index (χ4v) is 1.53. The van der Waals surface area contributed by atoms with Crippen molar-refractivity contribution in [2.45, 2.75) is 13.8 Å². The number of rotatable bonds is 4. The van der Waals surface area contributed by atoms with E-state index in [1.165, 1.54) is 6.07 Å². The minimum atomic E-state index is 0.117. The number of nitrogens with zero attached hydrogens (tertiary/aromatic N) is 1. The lowest BCUT2D eigenvalue weighted by Gasteiger charge is -2.08. The van der Waals surface area contributed by atoms with E-state index in [-0.39, 0.29) is 5.75 Å². The van der Waals surface area contributed by atoms with Gasteiger partial charge in [0.25, 0.3) is 0 Å². The van der Waals surface area contributed by atoms with E-state index < -0.39 is 0 Å². The van der Waals surface area contributed by atoms with Crippen LogP contribution in [0.25, 0.3) is 0 Å². The first-order chi connectivity index (χ1) is 8.58. The summed E-state index contributed by atoms with van der Waals surface area (Å²) in [4.78, 5) is 0. The number of hydrazone groups is 1. The van der Waals surface area contributed by atoms with E-state index in [0.717, 1.165) is 6.54 Å². The predicted octanol–water partition coefficient (Wildman–Crippen LogP) is 1.61. The Kier molecular flexibility index (Phi) is 5.38. The molecule has 0 spiro atoms. The molecule has 0 unspecified atom stereocenters. The normalized spacial score (nSPS) is 10.9. The zero-order valence-electron chi connectivity index (χ0n) is 10.7. The van der Waals surface area contributed by atoms with Crippen LogP contribution >= 0.6 is 12.2 Å². The molecule has 0 heterocycles. The molecular weight excluding hydrogens is 250 g/mol. The van der Waals surface area contributed by atoms with Crippen molar-refractivity contribution in [3.63, 3.8) is 0 Å². The molecule has 1 aromatic rings. The van der Waals surface area contributed by atoms with Gasteiger partial charge in [-0.05, 0) is 38.2 Å². The largest absolute Gasteiger partial charge is 0.507 e. The van der Waals surface area contributed by atoms with Crippen LogP contribution in [0.1, 0.15) is 19.4 Å². The lowest BCUT2D eigenvalue weighted by atomic mass is 10.1. The second kappa shape index (κ2) is 6.80. The molecule has 0 aliphatic rings. The maximum Gasteiger partial charge on any atom is 0.186 e. The molecule has 0 aliphatic heterocycles. The van der Waals surface area contributed by atoms with E-state index in [9.17, 15) is 5.11 Å². The van der Waals surface area contributed by atoms with Crippen molar-refractivity contribution in [1.29, 1.82) is 0 Å². The van der Waals surface area contributed by atoms with Gasteiger partial charge in [0.05, 0.1) is 12.8 Å². The van der Waals surface area contributed by atoms with Gasteiger partial charge in [0.1, 0.15) is 11.5 Å². The maximum atomic E-state index is 9.82. The molecule has 0 saturated heterocycles. The molecule has 0 bridgehead atoms. The zero-order chi connectivity index (χ0) is 13.5. The third-order valence-electron chi connectivity index (χ3n) is 2.26. The Morgan fingerprint density at radius 1 is 1.50 bits per heavy atom. The highest BCUT2D eigenvalue weighted by Crippen LogP contribution is 2.23. The fraction of sp³-hybridized carbons (Fsp3) is 0.333. The first-order valence-electron chi connectivity index (χ1n) is 5.54. The molecule has 0 saturated carbocycles. The summed E-state index contributed by atoms with van der Waals surface area (Å²) in [5.41, 5.74) is 3.97. The standard InChI is InChI=1S/C12H17N3O2S/c1-4-13-12(18)15-14-8(2)10-6-5-9(17-3)7-11(10)16/h5-7,16H,4H2,1-3H3,(H2,13,15,18). The summed E-state index contributed by atoms with van der Waals surface area (Å²) in [7, 11) is 1.55. The minimum absolute atomic E-state index is 0.117. The summed E-state index contributed by atoms with van der Waals surface area (Å²) in [6.45, 7) is 4.46. The number of hydrogen-bond acceptors (Lipinski definition) is 4. The molecule has 0 aromatic heterocycles. The summed E-state index contributed by atoms with van der Waals surface area (Å²) in [5.74, 6) is 0.715. The summed E-state index contributed by atoms with van der Waals surface area (Å²) in [6, 6.07) is 5.04. The molecule has 0 fully saturated rings. The molecule has 0 atom stereocenters. The molecule has 6 heteroatoms. The van der Waals surface area contributed by atoms with Crippen molar-refractivity contribution in [2.24, 2.45) is 5.10 Å². The number of phenolic OH excluding ortho intramolecular Hbond substituents is 1. The SMILES string of the molecule is CCNC(=S)NN=C(C)c1ccc(OC)cc1O. The smallest absolute Gasteiger partial charge is 0.186 e. The van der Waals surface area contributed by atoms with Crippen molar-refractivity contribution in [2.75, 3.05) is 13.7 Å². The van der Waals surface area contributed by atoms with Crippen molar-refractivity contribution in [3.05, 3.63) is 23.8 Å². The van der Waals surface area contributed by atoms with Crippen molar-refractivity contribution in [1.82, 2.24) is 10.7 Å². The van der Waals surface area contributed by atoms with E-state index in [1.54, 1.807) is 26.2 Å². The molecule has 0 aliphatic carbocycles. The van der Waals surface area contributed by atoms with Gasteiger partial charge in [-0.3, -0.25) is 5.43 Å². The first kappa shape index (κ1) is 14.2. The van der Waals surface area contributed by atoms with Crippen LogP contribution in [0, 0.1) is 0 Å². The van der Waals surface area contributed by atoms with E-state index in [4.69, 9.17) is 17.0 Å². The lowest BCUT2D eigenvalue weighted by Crippen LogP contribution is -2.32. The molecule has 1 rings (SSSR count). The number of methoxy groups -OCH3 is 1. The highest BCUT2D eigenvalue weighted by molar-refractivity contribution is 7.80. The monoisotopic (exact) mass is 267 g/mol. The van der Waals surface area contributed by atoms with Gasteiger partial charge in [0.15, 0.2) is 5.11 Å². The van der Waals surface area contributed by atoms with Gasteiger partial charge in [-0.15, -0.1) is 0 Å². The number of hydrogen-bond donors (Lipinski definition) is 3. The first-order valence-corrected chi connectivity index (χ1v) is 5.94. The van der Waals surface area contributed by atoms with E-state index >= 15 is 0 Å². The lowest BCUT2D eigenvalue weighted by molar-refractivity contribution is 0.407. The highest BCUT2D eigenvalue weighted by Gasteiger charge is 2.06. The average Bonchev–Trinajstić information content (AvgIpc) is 2.36. The van der Waals surface area contributed by atoms with Gasteiger partial charge >= 0.3 is 0 Å². The summed E-state index contributed by atoms with van der Waals surface area (Å²) >= 11 is 4.98. The summed E-state index contributed by atoms with van der Waals surface area (Å²) in [6.07, 6.45) is 0. The van der Waals surface area contributed by atoms with Gasteiger partial charge in [-0.25, -0.2) is 0 Å². The second-order valence-electron chi connectivity index (χ2n) is 3.55. The molecule has 5 nitrogen and oxygen atoms in total. The summed E-state index contributed by atoms with van der Waals surface area (Å²) < 4.78 is 5.01. The topological polar surface area (TPSA) is 65.9 Å². The van der Waals surface area contributed by atoms with Crippen LogP contribution in [0.3, 0.4) is 0 Å². The Balaban J connectivity index is 2.80. The average molecular weight is 267 g/mol. The van der Waals surface area contributed by atoms with Gasteiger partial charge in [-0.2, -0.15) is 5.10 Å². The van der Waals surface area contributed by atoms with Crippen LogP contribution in [-0.2, 0) is 0 Å². The van der Waals surface area contributed by atoms with Crippen molar-refractivity contribution in [3.8, 4) is 11.5 Å².